The molecule has 0 saturated carbocycles. The van der Waals surface area contributed by atoms with Crippen LogP contribution < -0.4 is 10.6 Å². The largest absolute Gasteiger partial charge is 0.477 e. The molecule has 250 valence electrons. The number of carboxylic acids is 1. The molecule has 3 aromatic carbocycles. The summed E-state index contributed by atoms with van der Waals surface area (Å²) in [6, 6.07) is 28.3. The van der Waals surface area contributed by atoms with Gasteiger partial charge in [-0.25, -0.2) is 9.18 Å². The van der Waals surface area contributed by atoms with Crippen LogP contribution in [0.5, 0.6) is 0 Å². The smallest absolute Gasteiger partial charge is 0.352 e. The molecule has 0 aliphatic carbocycles. The summed E-state index contributed by atoms with van der Waals surface area (Å²) in [5, 5.41) is 19.3. The van der Waals surface area contributed by atoms with E-state index in [1.807, 2.05) is 91.0 Å². The molecule has 0 unspecified atom stereocenters. The molecule has 3 heterocycles. The van der Waals surface area contributed by atoms with Gasteiger partial charge in [0, 0.05) is 23.2 Å². The van der Waals surface area contributed by atoms with Crippen molar-refractivity contribution < 1.29 is 28.7 Å². The predicted octanol–water partition coefficient (Wildman–Crippen LogP) is 5.12. The third-order valence-electron chi connectivity index (χ3n) is 7.87. The second kappa shape index (κ2) is 15.0. The minimum absolute atomic E-state index is 0.166. The molecular weight excluding hydrogens is 691 g/mol. The van der Waals surface area contributed by atoms with Crippen LogP contribution in [0.4, 0.5) is 9.52 Å². The number of nitrogens with zero attached hydrogens (tertiary/aromatic N) is 4. The third kappa shape index (κ3) is 6.67. The van der Waals surface area contributed by atoms with Gasteiger partial charge < -0.3 is 20.6 Å². The summed E-state index contributed by atoms with van der Waals surface area (Å²) < 4.78 is 17.5. The van der Waals surface area contributed by atoms with E-state index in [9.17, 15) is 23.9 Å². The Balaban J connectivity index is 1.30. The third-order valence-corrected chi connectivity index (χ3v) is 9.98. The fourth-order valence-electron chi connectivity index (χ4n) is 5.75. The normalized spacial score (nSPS) is 17.8. The number of β-lactam (4-membered cyclic amide) rings is 1. The average Bonchev–Trinajstić information content (AvgIpc) is 3.60. The number of hydrogen-bond acceptors (Lipinski definition) is 10. The van der Waals surface area contributed by atoms with E-state index in [-0.39, 0.29) is 23.2 Å². The number of anilines is 1. The molecule has 0 spiro atoms. The fraction of sp³-hybridized carbons (Fsp3) is 0.176. The number of allylic oxidation sites excluding steroid dienone is 2. The molecule has 2 aliphatic rings. The molecule has 1 aromatic heterocycles. The van der Waals surface area contributed by atoms with Crippen LogP contribution in [-0.2, 0) is 24.8 Å². The summed E-state index contributed by atoms with van der Waals surface area (Å²) in [7, 11) is 0. The van der Waals surface area contributed by atoms with Crippen LogP contribution in [0, 0.1) is 0 Å². The molecule has 2 aliphatic heterocycles. The summed E-state index contributed by atoms with van der Waals surface area (Å²) in [4.78, 5) is 49.1. The molecule has 11 nitrogen and oxygen atoms in total. The number of carboxylic acid groups (broad SMARTS) is 1. The first-order valence-corrected chi connectivity index (χ1v) is 17.2. The van der Waals surface area contributed by atoms with Gasteiger partial charge in [0.05, 0.1) is 0 Å². The number of aliphatic carboxylic acids is 1. The number of hydrogen-bond donors (Lipinski definition) is 3. The summed E-state index contributed by atoms with van der Waals surface area (Å²) >= 11 is 7.96. The van der Waals surface area contributed by atoms with Crippen LogP contribution in [0.15, 0.2) is 120 Å². The van der Waals surface area contributed by atoms with Crippen LogP contribution >= 0.6 is 34.9 Å². The number of carbonyl (C=O) groups excluding carboxylic acids is 2. The average molecular weight is 719 g/mol. The van der Waals surface area contributed by atoms with E-state index in [1.54, 1.807) is 12.2 Å². The van der Waals surface area contributed by atoms with Crippen molar-refractivity contribution in [1.29, 1.82) is 0 Å². The highest BCUT2D eigenvalue weighted by Gasteiger charge is 2.54. The van der Waals surface area contributed by atoms with Crippen molar-refractivity contribution in [3.63, 3.8) is 0 Å². The van der Waals surface area contributed by atoms with Crippen LogP contribution in [0.25, 0.3) is 0 Å². The zero-order valence-electron chi connectivity index (χ0n) is 25.5. The van der Waals surface area contributed by atoms with Gasteiger partial charge in [0.25, 0.3) is 18.7 Å². The van der Waals surface area contributed by atoms with Gasteiger partial charge >= 0.3 is 5.97 Å². The number of carbonyl (C=O) groups is 3. The Morgan fingerprint density at radius 3 is 2.16 bits per heavy atom. The van der Waals surface area contributed by atoms with E-state index in [2.05, 4.69) is 30.0 Å². The van der Waals surface area contributed by atoms with Gasteiger partial charge in [0.2, 0.25) is 16.7 Å². The van der Waals surface area contributed by atoms with Gasteiger partial charge in [-0.3, -0.25) is 14.5 Å². The van der Waals surface area contributed by atoms with Gasteiger partial charge in [-0.1, -0.05) is 108 Å². The predicted molar refractivity (Wildman–Crippen MR) is 186 cm³/mol. The summed E-state index contributed by atoms with van der Waals surface area (Å²) in [6.45, 7) is -1.33. The number of rotatable bonds is 13. The lowest BCUT2D eigenvalue weighted by atomic mass is 9.77. The van der Waals surface area contributed by atoms with E-state index in [1.165, 1.54) is 11.8 Å². The van der Waals surface area contributed by atoms with Crippen LogP contribution in [0.3, 0.4) is 0 Å². The van der Waals surface area contributed by atoms with E-state index < -0.39 is 47.3 Å². The topological polar surface area (TPSA) is 146 Å². The Bertz CT molecular complexity index is 1830. The Morgan fingerprint density at radius 2 is 1.63 bits per heavy atom. The molecule has 0 radical (unpaired) electrons. The number of benzene rings is 3. The van der Waals surface area contributed by atoms with Crippen molar-refractivity contribution in [2.24, 2.45) is 5.16 Å². The lowest BCUT2D eigenvalue weighted by molar-refractivity contribution is -0.150. The van der Waals surface area contributed by atoms with E-state index in [0.29, 0.717) is 10.7 Å². The Hall–Kier alpha value is -5.05. The van der Waals surface area contributed by atoms with Crippen LogP contribution in [0.2, 0.25) is 0 Å². The first-order chi connectivity index (χ1) is 23.9. The zero-order chi connectivity index (χ0) is 34.4. The SMILES string of the molecule is O=C(O)C1=C(C=CCCl)CS[C@@H]2[C@H](NC(=O)/C(=N\OCF)c3nsc(NC(c4ccccc4)(c4ccccc4)c4ccccc4)n3)C(=O)N12. The lowest BCUT2D eigenvalue weighted by Gasteiger charge is -2.49. The number of alkyl halides is 2. The summed E-state index contributed by atoms with van der Waals surface area (Å²) in [6.07, 6.45) is 3.16. The number of nitrogens with one attached hydrogen (secondary N) is 2. The molecule has 3 N–H and O–H groups in total. The molecule has 1 saturated heterocycles. The number of aromatic nitrogens is 2. The van der Waals surface area contributed by atoms with Crippen molar-refractivity contribution in [3.8, 4) is 0 Å². The van der Waals surface area contributed by atoms with Gasteiger partial charge in [-0.15, -0.1) is 23.4 Å². The zero-order valence-corrected chi connectivity index (χ0v) is 27.9. The van der Waals surface area contributed by atoms with E-state index in [4.69, 9.17) is 11.6 Å². The number of amides is 2. The molecule has 2 atom stereocenters. The minimum atomic E-state index is -1.33. The van der Waals surface area contributed by atoms with Crippen LogP contribution in [-0.4, -0.2) is 72.8 Å². The second-order valence-corrected chi connectivity index (χ2v) is 12.8. The first-order valence-electron chi connectivity index (χ1n) is 14.9. The van der Waals surface area contributed by atoms with Crippen molar-refractivity contribution in [1.82, 2.24) is 19.6 Å². The number of oxime groups is 1. The Kier molecular flexibility index (Phi) is 10.4. The Labute approximate surface area is 293 Å². The molecule has 4 aromatic rings. The number of fused-ring (bicyclic) bond motifs is 1. The molecule has 49 heavy (non-hydrogen) atoms. The molecule has 15 heteroatoms. The fourth-order valence-corrected chi connectivity index (χ4v) is 7.79. The first kappa shape index (κ1) is 33.8. The minimum Gasteiger partial charge on any atom is -0.477 e. The lowest BCUT2D eigenvalue weighted by Crippen LogP contribution is -2.71. The van der Waals surface area contributed by atoms with Crippen molar-refractivity contribution in [3.05, 3.63) is 137 Å². The van der Waals surface area contributed by atoms with E-state index in [0.717, 1.165) is 33.1 Å². The number of thioether (sulfide) groups is 1. The Morgan fingerprint density at radius 1 is 1.04 bits per heavy atom. The molecular formula is C34H28ClFN6O5S2. The maximum atomic E-state index is 13.6. The second-order valence-electron chi connectivity index (χ2n) is 10.7. The maximum absolute atomic E-state index is 13.6. The summed E-state index contributed by atoms with van der Waals surface area (Å²) in [5.74, 6) is -2.52. The van der Waals surface area contributed by atoms with Crippen molar-refractivity contribution in [2.45, 2.75) is 17.0 Å². The summed E-state index contributed by atoms with van der Waals surface area (Å²) in [5.41, 5.74) is 1.57. The standard InChI is InChI=1S/C34H28ClFN6O5S2/c35-18-10-11-21-19-48-31-26(30(44)42(31)27(21)32(45)46)37-29(43)25(40-47-20-36)28-38-33(49-41-28)39-34(22-12-4-1-5-13-22,23-14-6-2-7-15-23)24-16-8-3-9-17-24/h1-17,26,31H,18-20H2,(H,37,43)(H,45,46)(H,38,39,41)/b11-10?,40-25-/t26-,31-/m1/s1. The quantitative estimate of drug-likeness (QED) is 0.0564. The van der Waals surface area contributed by atoms with Crippen molar-refractivity contribution in [2.75, 3.05) is 23.8 Å². The molecule has 1 fully saturated rings. The van der Waals surface area contributed by atoms with E-state index >= 15 is 0 Å². The number of halogens is 2. The highest BCUT2D eigenvalue weighted by Crippen LogP contribution is 2.42. The highest BCUT2D eigenvalue weighted by atomic mass is 35.5. The van der Waals surface area contributed by atoms with Gasteiger partial charge in [-0.05, 0) is 22.3 Å². The molecule has 6 rings (SSSR count). The van der Waals surface area contributed by atoms with Gasteiger partial charge in [-0.2, -0.15) is 9.36 Å². The van der Waals surface area contributed by atoms with Gasteiger partial charge in [0.1, 0.15) is 22.7 Å². The van der Waals surface area contributed by atoms with Gasteiger partial charge in [0.15, 0.2) is 0 Å². The highest BCUT2D eigenvalue weighted by molar-refractivity contribution is 8.00. The maximum Gasteiger partial charge on any atom is 0.352 e. The molecule has 2 amide bonds. The molecule has 0 bridgehead atoms. The monoisotopic (exact) mass is 718 g/mol. The van der Waals surface area contributed by atoms with Crippen LogP contribution in [0.1, 0.15) is 22.5 Å². The van der Waals surface area contributed by atoms with Crippen molar-refractivity contribution >= 4 is 63.5 Å².